The predicted octanol–water partition coefficient (Wildman–Crippen LogP) is 4.41. The Morgan fingerprint density at radius 2 is 2.03 bits per heavy atom. The highest BCUT2D eigenvalue weighted by molar-refractivity contribution is 5.78. The van der Waals surface area contributed by atoms with E-state index >= 15 is 0 Å². The molecule has 30 heavy (non-hydrogen) atoms. The first-order valence-electron chi connectivity index (χ1n) is 10.8. The van der Waals surface area contributed by atoms with Gasteiger partial charge < -0.3 is 24.1 Å². The second-order valence-electron chi connectivity index (χ2n) is 8.51. The Labute approximate surface area is 181 Å². The first-order valence-corrected chi connectivity index (χ1v) is 10.8. The zero-order valence-electron chi connectivity index (χ0n) is 18.6. The monoisotopic (exact) mass is 416 g/mol. The molecule has 0 fully saturated rings. The number of benzene rings is 1. The van der Waals surface area contributed by atoms with Crippen LogP contribution >= 0.6 is 0 Å². The largest absolute Gasteiger partial charge is 0.490 e. The van der Waals surface area contributed by atoms with Gasteiger partial charge in [-0.3, -0.25) is 4.79 Å². The fourth-order valence-corrected chi connectivity index (χ4v) is 3.73. The average molecular weight is 417 g/mol. The number of rotatable bonds is 9. The zero-order valence-corrected chi connectivity index (χ0v) is 18.6. The number of nitrogens with zero attached hydrogens (tertiary/aromatic N) is 1. The first kappa shape index (κ1) is 22.2. The Kier molecular flexibility index (Phi) is 7.80. The molecule has 166 valence electrons. The quantitative estimate of drug-likeness (QED) is 0.656. The van der Waals surface area contributed by atoms with Crippen molar-refractivity contribution >= 4 is 5.91 Å². The van der Waals surface area contributed by atoms with Crippen LogP contribution in [-0.4, -0.2) is 37.1 Å². The third kappa shape index (κ3) is 6.02. The summed E-state index contributed by atoms with van der Waals surface area (Å²) in [6.45, 7) is 12.1. The van der Waals surface area contributed by atoms with Gasteiger partial charge >= 0.3 is 0 Å². The summed E-state index contributed by atoms with van der Waals surface area (Å²) >= 11 is 0. The lowest BCUT2D eigenvalue weighted by molar-refractivity contribution is -0.136. The van der Waals surface area contributed by atoms with Gasteiger partial charge in [-0.15, -0.1) is 0 Å². The smallest absolute Gasteiger partial charge is 0.226 e. The zero-order chi connectivity index (χ0) is 21.5. The lowest BCUT2D eigenvalue weighted by Crippen LogP contribution is -2.40. The fourth-order valence-electron chi connectivity index (χ4n) is 3.73. The van der Waals surface area contributed by atoms with Crippen molar-refractivity contribution in [2.45, 2.75) is 47.2 Å². The molecule has 0 bridgehead atoms. The number of carbonyl (C=O) groups is 1. The first-order chi connectivity index (χ1) is 14.4. The Morgan fingerprint density at radius 1 is 1.23 bits per heavy atom. The Bertz CT molecular complexity index is 823. The summed E-state index contributed by atoms with van der Waals surface area (Å²) in [5, 5.41) is 3.32. The van der Waals surface area contributed by atoms with Crippen LogP contribution in [0.5, 0.6) is 11.5 Å². The Balaban J connectivity index is 0.00000341. The molecule has 0 radical (unpaired) electrons. The number of hydrogen-bond acceptors (Lipinski definition) is 5. The molecule has 1 aliphatic rings. The highest BCUT2D eigenvalue weighted by atomic mass is 16.5. The number of nitrogens with one attached hydrogen (secondary N) is 1. The summed E-state index contributed by atoms with van der Waals surface area (Å²) in [7, 11) is 0. The van der Waals surface area contributed by atoms with Crippen LogP contribution in [0.15, 0.2) is 34.9 Å². The summed E-state index contributed by atoms with van der Waals surface area (Å²) in [6.07, 6.45) is 2.54. The van der Waals surface area contributed by atoms with E-state index in [9.17, 15) is 4.79 Å². The highest BCUT2D eigenvalue weighted by Gasteiger charge is 2.23. The van der Waals surface area contributed by atoms with E-state index in [-0.39, 0.29) is 13.3 Å². The molecule has 6 nitrogen and oxygen atoms in total. The molecule has 0 saturated carbocycles. The lowest BCUT2D eigenvalue weighted by atomic mass is 10.1. The second-order valence-corrected chi connectivity index (χ2v) is 8.51. The van der Waals surface area contributed by atoms with Crippen LogP contribution in [0.25, 0.3) is 0 Å². The molecule has 1 unspecified atom stereocenters. The van der Waals surface area contributed by atoms with Gasteiger partial charge in [0.05, 0.1) is 26.0 Å². The van der Waals surface area contributed by atoms with Crippen LogP contribution in [-0.2, 0) is 17.9 Å². The van der Waals surface area contributed by atoms with E-state index in [1.165, 1.54) is 0 Å². The van der Waals surface area contributed by atoms with Crippen LogP contribution < -0.4 is 14.8 Å². The van der Waals surface area contributed by atoms with Crippen LogP contribution in [0, 0.1) is 18.8 Å². The van der Waals surface area contributed by atoms with Crippen molar-refractivity contribution in [3.63, 3.8) is 0 Å². The minimum absolute atomic E-state index is 0. The molecule has 1 atom stereocenters. The van der Waals surface area contributed by atoms with Gasteiger partial charge in [-0.1, -0.05) is 26.8 Å². The maximum Gasteiger partial charge on any atom is 0.226 e. The highest BCUT2D eigenvalue weighted by Crippen LogP contribution is 2.34. The van der Waals surface area contributed by atoms with E-state index in [1.54, 1.807) is 6.26 Å². The topological polar surface area (TPSA) is 63.9 Å². The minimum atomic E-state index is -0.125. The third-order valence-corrected chi connectivity index (χ3v) is 5.12. The predicted molar refractivity (Wildman–Crippen MR) is 119 cm³/mol. The van der Waals surface area contributed by atoms with Gasteiger partial charge in [0.1, 0.15) is 5.76 Å². The number of amides is 1. The van der Waals surface area contributed by atoms with Crippen LogP contribution in [0.2, 0.25) is 0 Å². The van der Waals surface area contributed by atoms with Crippen molar-refractivity contribution in [2.75, 3.05) is 26.3 Å². The number of hydrogen-bond donors (Lipinski definition) is 1. The fraction of sp³-hybridized carbons (Fsp3) is 0.542. The van der Waals surface area contributed by atoms with Gasteiger partial charge in [0, 0.05) is 33.4 Å². The van der Waals surface area contributed by atoms with Gasteiger partial charge in [-0.05, 0) is 42.2 Å². The molecule has 0 aliphatic carbocycles. The molecule has 1 amide bonds. The van der Waals surface area contributed by atoms with Gasteiger partial charge in [0.25, 0.3) is 0 Å². The van der Waals surface area contributed by atoms with Crippen molar-refractivity contribution in [3.8, 4) is 11.5 Å². The molecule has 0 saturated heterocycles. The maximum absolute atomic E-state index is 13.2. The molecule has 3 rings (SSSR count). The van der Waals surface area contributed by atoms with E-state index in [4.69, 9.17) is 13.9 Å². The van der Waals surface area contributed by atoms with Crippen molar-refractivity contribution < 1.29 is 20.1 Å². The van der Waals surface area contributed by atoms with Crippen LogP contribution in [0.3, 0.4) is 0 Å². The molecule has 2 aromatic rings. The third-order valence-electron chi connectivity index (χ3n) is 5.12. The summed E-state index contributed by atoms with van der Waals surface area (Å²) in [6, 6.07) is 7.92. The number of fused-ring (bicyclic) bond motifs is 1. The molecule has 2 heterocycles. The molecule has 1 N–H and O–H groups in total. The number of ether oxygens (including phenoxy) is 2. The normalized spacial score (nSPS) is 14.4. The number of carbonyl (C=O) groups excluding carboxylic acids is 1. The van der Waals surface area contributed by atoms with E-state index < -0.39 is 0 Å². The molecule has 1 aromatic carbocycles. The van der Waals surface area contributed by atoms with E-state index in [2.05, 4.69) is 25.2 Å². The molecule has 1 aromatic heterocycles. The standard InChI is InChI=1S/C24H34N2O4.H2/c1-17(2)15-26(24(27)19(4)13-25-14-21-7-5-8-28-21)16-20-11-18(3)23-22(12-20)29-9-6-10-30-23;/h5,7-8,11-12,17,19,25H,6,9-10,13-16H2,1-4H3;1H. The van der Waals surface area contributed by atoms with Crippen molar-refractivity contribution in [3.05, 3.63) is 47.4 Å². The summed E-state index contributed by atoms with van der Waals surface area (Å²) < 4.78 is 17.1. The van der Waals surface area contributed by atoms with Crippen molar-refractivity contribution in [1.29, 1.82) is 0 Å². The van der Waals surface area contributed by atoms with Gasteiger partial charge in [-0.2, -0.15) is 0 Å². The molecule has 0 spiro atoms. The van der Waals surface area contributed by atoms with Gasteiger partial charge in [0.2, 0.25) is 5.91 Å². The van der Waals surface area contributed by atoms with E-state index in [1.807, 2.05) is 36.9 Å². The van der Waals surface area contributed by atoms with Crippen molar-refractivity contribution in [1.82, 2.24) is 10.2 Å². The molecular formula is C24H36N2O4. The summed E-state index contributed by atoms with van der Waals surface area (Å²) in [4.78, 5) is 15.2. The second kappa shape index (κ2) is 10.5. The average Bonchev–Trinajstić information content (AvgIpc) is 3.10. The molecule has 6 heteroatoms. The number of furan rings is 1. The van der Waals surface area contributed by atoms with Crippen LogP contribution in [0.4, 0.5) is 0 Å². The maximum atomic E-state index is 13.2. The molecule has 1 aliphatic heterocycles. The van der Waals surface area contributed by atoms with E-state index in [0.29, 0.717) is 38.8 Å². The van der Waals surface area contributed by atoms with Gasteiger partial charge in [-0.25, -0.2) is 0 Å². The lowest BCUT2D eigenvalue weighted by Gasteiger charge is -2.28. The van der Waals surface area contributed by atoms with Crippen molar-refractivity contribution in [2.24, 2.45) is 11.8 Å². The summed E-state index contributed by atoms with van der Waals surface area (Å²) in [5.41, 5.74) is 2.12. The number of aryl methyl sites for hydroxylation is 1. The van der Waals surface area contributed by atoms with Gasteiger partial charge in [0.15, 0.2) is 11.5 Å². The Hall–Kier alpha value is -2.47. The minimum Gasteiger partial charge on any atom is -0.490 e. The van der Waals surface area contributed by atoms with E-state index in [0.717, 1.165) is 41.4 Å². The Morgan fingerprint density at radius 3 is 2.77 bits per heavy atom. The SMILES string of the molecule is Cc1cc(CN(CC(C)C)C(=O)C(C)CNCc2ccco2)cc2c1OCCCO2.[HH]. The van der Waals surface area contributed by atoms with Crippen LogP contribution in [0.1, 0.15) is 45.5 Å². The molecular weight excluding hydrogens is 380 g/mol. The summed E-state index contributed by atoms with van der Waals surface area (Å²) in [5.74, 6) is 2.90.